The number of fused-ring (bicyclic) bond motifs is 3. The van der Waals surface area contributed by atoms with Crippen molar-refractivity contribution in [1.29, 1.82) is 0 Å². The lowest BCUT2D eigenvalue weighted by molar-refractivity contribution is 1.48. The Balaban J connectivity index is 2.71. The zero-order valence-electron chi connectivity index (χ0n) is 6.37. The van der Waals surface area contributed by atoms with E-state index in [0.717, 1.165) is 0 Å². The molecule has 0 aliphatic rings. The molecule has 1 nitrogen and oxygen atoms in total. The van der Waals surface area contributed by atoms with E-state index in [1.165, 1.54) is 21.0 Å². The number of aromatic nitrogens is 1. The van der Waals surface area contributed by atoms with Crippen LogP contribution in [0, 0.1) is 0 Å². The standard InChI is InChI=1S/C10H7NS/c1-2-9-8(3-5-11-9)10-7(1)4-6-12-10/h1-6,11H. The maximum absolute atomic E-state index is 3.21. The second kappa shape index (κ2) is 2.11. The number of thiophene rings is 1. The third-order valence-corrected chi connectivity index (χ3v) is 3.11. The van der Waals surface area contributed by atoms with Crippen molar-refractivity contribution in [3.8, 4) is 0 Å². The van der Waals surface area contributed by atoms with Gasteiger partial charge in [-0.3, -0.25) is 0 Å². The van der Waals surface area contributed by atoms with Crippen molar-refractivity contribution in [1.82, 2.24) is 4.98 Å². The van der Waals surface area contributed by atoms with E-state index in [4.69, 9.17) is 0 Å². The minimum Gasteiger partial charge on any atom is -0.361 e. The van der Waals surface area contributed by atoms with Crippen LogP contribution in [-0.4, -0.2) is 4.98 Å². The first-order valence-electron chi connectivity index (χ1n) is 3.88. The molecule has 2 heterocycles. The minimum absolute atomic E-state index is 1.23. The van der Waals surface area contributed by atoms with Crippen LogP contribution in [0.1, 0.15) is 0 Å². The highest BCUT2D eigenvalue weighted by Gasteiger charge is 2.00. The molecular formula is C10H7NS. The van der Waals surface area contributed by atoms with E-state index in [1.54, 1.807) is 11.3 Å². The molecule has 0 unspecified atom stereocenters. The maximum atomic E-state index is 3.21. The predicted molar refractivity (Wildman–Crippen MR) is 53.7 cm³/mol. The van der Waals surface area contributed by atoms with Gasteiger partial charge in [0.05, 0.1) is 0 Å². The van der Waals surface area contributed by atoms with Crippen molar-refractivity contribution in [2.24, 2.45) is 0 Å². The van der Waals surface area contributed by atoms with Crippen LogP contribution in [0.15, 0.2) is 35.8 Å². The molecule has 1 N–H and O–H groups in total. The van der Waals surface area contributed by atoms with Crippen LogP contribution in [0.4, 0.5) is 0 Å². The van der Waals surface area contributed by atoms with Crippen LogP contribution < -0.4 is 0 Å². The van der Waals surface area contributed by atoms with Crippen LogP contribution in [0.25, 0.3) is 21.0 Å². The molecule has 0 aliphatic carbocycles. The van der Waals surface area contributed by atoms with Crippen LogP contribution in [0.5, 0.6) is 0 Å². The summed E-state index contributed by atoms with van der Waals surface area (Å²) >= 11 is 1.80. The van der Waals surface area contributed by atoms with Crippen LogP contribution in [-0.2, 0) is 0 Å². The quantitative estimate of drug-likeness (QED) is 0.536. The molecule has 3 rings (SSSR count). The Bertz CT molecular complexity index is 483. The number of hydrogen-bond donors (Lipinski definition) is 1. The number of aromatic amines is 1. The highest BCUT2D eigenvalue weighted by molar-refractivity contribution is 7.18. The molecule has 58 valence electrons. The number of hydrogen-bond acceptors (Lipinski definition) is 1. The molecule has 0 aliphatic heterocycles. The molecule has 2 aromatic heterocycles. The Labute approximate surface area is 73.6 Å². The molecular weight excluding hydrogens is 166 g/mol. The van der Waals surface area contributed by atoms with Gasteiger partial charge in [0.2, 0.25) is 0 Å². The summed E-state index contributed by atoms with van der Waals surface area (Å²) in [4.78, 5) is 3.21. The van der Waals surface area contributed by atoms with E-state index in [9.17, 15) is 0 Å². The van der Waals surface area contributed by atoms with Gasteiger partial charge in [-0.05, 0) is 29.0 Å². The van der Waals surface area contributed by atoms with Gasteiger partial charge in [0.1, 0.15) is 0 Å². The minimum atomic E-state index is 1.23. The third-order valence-electron chi connectivity index (χ3n) is 2.15. The van der Waals surface area contributed by atoms with Crippen LogP contribution in [0.3, 0.4) is 0 Å². The molecule has 1 aromatic carbocycles. The smallest absolute Gasteiger partial charge is 0.0468 e. The zero-order valence-corrected chi connectivity index (χ0v) is 7.19. The van der Waals surface area contributed by atoms with Gasteiger partial charge in [0, 0.05) is 21.8 Å². The van der Waals surface area contributed by atoms with Gasteiger partial charge < -0.3 is 4.98 Å². The molecule has 2 heteroatoms. The summed E-state index contributed by atoms with van der Waals surface area (Å²) < 4.78 is 1.38. The highest BCUT2D eigenvalue weighted by atomic mass is 32.1. The van der Waals surface area contributed by atoms with Crippen molar-refractivity contribution in [3.63, 3.8) is 0 Å². The van der Waals surface area contributed by atoms with E-state index >= 15 is 0 Å². The summed E-state index contributed by atoms with van der Waals surface area (Å²) in [5.74, 6) is 0. The summed E-state index contributed by atoms with van der Waals surface area (Å²) in [6.45, 7) is 0. The molecule has 0 saturated carbocycles. The lowest BCUT2D eigenvalue weighted by atomic mass is 10.2. The lowest BCUT2D eigenvalue weighted by Gasteiger charge is -1.90. The summed E-state index contributed by atoms with van der Waals surface area (Å²) in [5.41, 5.74) is 1.23. The summed E-state index contributed by atoms with van der Waals surface area (Å²) in [7, 11) is 0. The largest absolute Gasteiger partial charge is 0.361 e. The van der Waals surface area contributed by atoms with E-state index in [1.807, 2.05) is 6.20 Å². The van der Waals surface area contributed by atoms with Crippen molar-refractivity contribution < 1.29 is 0 Å². The first-order chi connectivity index (χ1) is 5.95. The topological polar surface area (TPSA) is 15.8 Å². The first kappa shape index (κ1) is 6.26. The van der Waals surface area contributed by atoms with Crippen molar-refractivity contribution in [2.45, 2.75) is 0 Å². The van der Waals surface area contributed by atoms with Crippen molar-refractivity contribution in [3.05, 3.63) is 35.8 Å². The third kappa shape index (κ3) is 0.676. The molecule has 0 saturated heterocycles. The summed E-state index contributed by atoms with van der Waals surface area (Å²) in [6, 6.07) is 8.58. The van der Waals surface area contributed by atoms with Crippen LogP contribution in [0.2, 0.25) is 0 Å². The molecule has 0 spiro atoms. The second-order valence-electron chi connectivity index (χ2n) is 2.84. The fraction of sp³-hybridized carbons (Fsp3) is 0. The Kier molecular flexibility index (Phi) is 1.10. The Morgan fingerprint density at radius 3 is 3.08 bits per heavy atom. The normalized spacial score (nSPS) is 11.3. The second-order valence-corrected chi connectivity index (χ2v) is 3.76. The monoisotopic (exact) mass is 173 g/mol. The Morgan fingerprint density at radius 2 is 2.08 bits per heavy atom. The molecule has 0 radical (unpaired) electrons. The van der Waals surface area contributed by atoms with Crippen molar-refractivity contribution in [2.75, 3.05) is 0 Å². The molecule has 0 bridgehead atoms. The average Bonchev–Trinajstić information content (AvgIpc) is 2.71. The Hall–Kier alpha value is -1.28. The van der Waals surface area contributed by atoms with Gasteiger partial charge in [0.25, 0.3) is 0 Å². The van der Waals surface area contributed by atoms with Gasteiger partial charge >= 0.3 is 0 Å². The molecule has 0 atom stereocenters. The molecule has 0 fully saturated rings. The van der Waals surface area contributed by atoms with Gasteiger partial charge in [0.15, 0.2) is 0 Å². The summed E-state index contributed by atoms with van der Waals surface area (Å²) in [6.07, 6.45) is 1.99. The van der Waals surface area contributed by atoms with Gasteiger partial charge in [-0.2, -0.15) is 0 Å². The number of rotatable bonds is 0. The van der Waals surface area contributed by atoms with E-state index < -0.39 is 0 Å². The predicted octanol–water partition coefficient (Wildman–Crippen LogP) is 3.38. The summed E-state index contributed by atoms with van der Waals surface area (Å²) in [5, 5.41) is 4.81. The zero-order chi connectivity index (χ0) is 7.97. The first-order valence-corrected chi connectivity index (χ1v) is 4.76. The average molecular weight is 173 g/mol. The number of benzene rings is 1. The fourth-order valence-corrected chi connectivity index (χ4v) is 2.49. The highest BCUT2D eigenvalue weighted by Crippen LogP contribution is 2.28. The molecule has 0 amide bonds. The SMILES string of the molecule is c1cc2c(ccc3ccsc32)[nH]1. The van der Waals surface area contributed by atoms with Gasteiger partial charge in [-0.25, -0.2) is 0 Å². The van der Waals surface area contributed by atoms with E-state index in [2.05, 4.69) is 34.6 Å². The lowest BCUT2D eigenvalue weighted by Crippen LogP contribution is -1.66. The number of H-pyrrole nitrogens is 1. The maximum Gasteiger partial charge on any atom is 0.0468 e. The van der Waals surface area contributed by atoms with Gasteiger partial charge in [-0.1, -0.05) is 6.07 Å². The molecule has 3 aromatic rings. The van der Waals surface area contributed by atoms with Crippen molar-refractivity contribution >= 4 is 32.3 Å². The molecule has 12 heavy (non-hydrogen) atoms. The number of nitrogens with one attached hydrogen (secondary N) is 1. The van der Waals surface area contributed by atoms with Crippen LogP contribution >= 0.6 is 11.3 Å². The fourth-order valence-electron chi connectivity index (χ4n) is 1.56. The van der Waals surface area contributed by atoms with Gasteiger partial charge in [-0.15, -0.1) is 11.3 Å². The Morgan fingerprint density at radius 1 is 1.08 bits per heavy atom. The van der Waals surface area contributed by atoms with E-state index in [-0.39, 0.29) is 0 Å². The van der Waals surface area contributed by atoms with E-state index in [0.29, 0.717) is 0 Å².